The molecule has 2 amide bonds. The van der Waals surface area contributed by atoms with E-state index in [1.165, 1.54) is 4.90 Å². The van der Waals surface area contributed by atoms with Gasteiger partial charge in [-0.3, -0.25) is 9.59 Å². The highest BCUT2D eigenvalue weighted by Crippen LogP contribution is 2.36. The van der Waals surface area contributed by atoms with Crippen LogP contribution >= 0.6 is 27.5 Å². The molecule has 2 N–H and O–H groups in total. The van der Waals surface area contributed by atoms with Gasteiger partial charge in [-0.1, -0.05) is 11.6 Å². The molecule has 24 heavy (non-hydrogen) atoms. The Labute approximate surface area is 155 Å². The summed E-state index contributed by atoms with van der Waals surface area (Å²) in [5.74, 6) is 0.275. The summed E-state index contributed by atoms with van der Waals surface area (Å²) in [7, 11) is 1.60. The molecule has 1 fully saturated rings. The van der Waals surface area contributed by atoms with Gasteiger partial charge in [0, 0.05) is 18.1 Å². The third-order valence-corrected chi connectivity index (χ3v) is 4.28. The molecule has 0 unspecified atom stereocenters. The van der Waals surface area contributed by atoms with Gasteiger partial charge in [0.1, 0.15) is 0 Å². The van der Waals surface area contributed by atoms with E-state index in [1.54, 1.807) is 19.2 Å². The van der Waals surface area contributed by atoms with Crippen molar-refractivity contribution in [3.63, 3.8) is 0 Å². The van der Waals surface area contributed by atoms with Crippen LogP contribution in [0.5, 0.6) is 5.75 Å². The van der Waals surface area contributed by atoms with Crippen molar-refractivity contribution in [1.29, 1.82) is 0 Å². The molecule has 6 nitrogen and oxygen atoms in total. The smallest absolute Gasteiger partial charge is 0.242 e. The third-order valence-electron chi connectivity index (χ3n) is 3.48. The number of carbonyl (C=O) groups excluding carboxylic acids is 2. The molecule has 0 aromatic heterocycles. The lowest BCUT2D eigenvalue weighted by molar-refractivity contribution is -0.133. The van der Waals surface area contributed by atoms with Gasteiger partial charge in [0.25, 0.3) is 0 Å². The first-order chi connectivity index (χ1) is 11.4. The van der Waals surface area contributed by atoms with Gasteiger partial charge in [0.05, 0.1) is 29.9 Å². The number of amides is 2. The molecular formula is C16H21BrClN3O3. The quantitative estimate of drug-likeness (QED) is 0.681. The second-order valence-electron chi connectivity index (χ2n) is 5.64. The number of benzene rings is 1. The highest BCUT2D eigenvalue weighted by molar-refractivity contribution is 9.10. The second kappa shape index (κ2) is 8.58. The lowest BCUT2D eigenvalue weighted by atomic mass is 10.3. The highest BCUT2D eigenvalue weighted by Gasteiger charge is 2.24. The number of anilines is 1. The average Bonchev–Trinajstić information content (AvgIpc) is 3.31. The normalized spacial score (nSPS) is 13.3. The number of nitrogens with zero attached hydrogens (tertiary/aromatic N) is 1. The van der Waals surface area contributed by atoms with Crippen LogP contribution in [0, 0.1) is 0 Å². The monoisotopic (exact) mass is 417 g/mol. The van der Waals surface area contributed by atoms with Crippen LogP contribution in [0.25, 0.3) is 0 Å². The van der Waals surface area contributed by atoms with Gasteiger partial charge >= 0.3 is 0 Å². The van der Waals surface area contributed by atoms with Crippen molar-refractivity contribution < 1.29 is 14.3 Å². The first kappa shape index (κ1) is 18.9. The summed E-state index contributed by atoms with van der Waals surface area (Å²) in [6.07, 6.45) is 2.05. The fraction of sp³-hybridized carbons (Fsp3) is 0.500. The molecule has 1 aromatic rings. The van der Waals surface area contributed by atoms with Crippen LogP contribution in [0.3, 0.4) is 0 Å². The lowest BCUT2D eigenvalue weighted by Crippen LogP contribution is -2.41. The molecule has 1 aromatic carbocycles. The van der Waals surface area contributed by atoms with Gasteiger partial charge in [-0.05, 0) is 47.8 Å². The number of ether oxygens (including phenoxy) is 1. The Morgan fingerprint density at radius 3 is 2.75 bits per heavy atom. The van der Waals surface area contributed by atoms with Crippen LogP contribution in [-0.4, -0.2) is 49.5 Å². The van der Waals surface area contributed by atoms with E-state index < -0.39 is 0 Å². The number of rotatable bonds is 8. The maximum Gasteiger partial charge on any atom is 0.242 e. The van der Waals surface area contributed by atoms with E-state index in [0.717, 1.165) is 12.8 Å². The maximum atomic E-state index is 12.2. The topological polar surface area (TPSA) is 70.7 Å². The highest BCUT2D eigenvalue weighted by atomic mass is 79.9. The molecule has 1 aliphatic rings. The summed E-state index contributed by atoms with van der Waals surface area (Å²) in [6, 6.07) is 3.72. The van der Waals surface area contributed by atoms with Crippen LogP contribution < -0.4 is 15.4 Å². The van der Waals surface area contributed by atoms with Crippen LogP contribution in [-0.2, 0) is 9.59 Å². The number of likely N-dealkylation sites (N-methyl/N-ethyl adjacent to an activating group) is 1. The molecule has 0 bridgehead atoms. The summed E-state index contributed by atoms with van der Waals surface area (Å²) in [4.78, 5) is 25.3. The van der Waals surface area contributed by atoms with Gasteiger partial charge in [-0.2, -0.15) is 0 Å². The standard InChI is InChI=1S/C16H21BrClN3O3/c1-3-24-16-12(17)6-10(18)7-13(16)19-8-15(23)21(2)9-14(22)20-11-4-5-11/h6-7,11,19H,3-5,8-9H2,1-2H3,(H,20,22). The predicted octanol–water partition coefficient (Wildman–Crippen LogP) is 2.65. The van der Waals surface area contributed by atoms with E-state index >= 15 is 0 Å². The van der Waals surface area contributed by atoms with E-state index in [2.05, 4.69) is 26.6 Å². The number of carbonyl (C=O) groups is 2. The molecule has 2 rings (SSSR count). The molecular weight excluding hydrogens is 398 g/mol. The zero-order valence-electron chi connectivity index (χ0n) is 13.7. The van der Waals surface area contributed by atoms with Crippen molar-refractivity contribution in [2.75, 3.05) is 32.1 Å². The van der Waals surface area contributed by atoms with Gasteiger partial charge in [0.2, 0.25) is 11.8 Å². The first-order valence-corrected chi connectivity index (χ1v) is 8.96. The number of halogens is 2. The Hall–Kier alpha value is -1.47. The van der Waals surface area contributed by atoms with Crippen molar-refractivity contribution in [2.24, 2.45) is 0 Å². The molecule has 0 spiro atoms. The Morgan fingerprint density at radius 2 is 2.12 bits per heavy atom. The predicted molar refractivity (Wildman–Crippen MR) is 97.6 cm³/mol. The first-order valence-electron chi connectivity index (χ1n) is 7.79. The van der Waals surface area contributed by atoms with E-state index in [4.69, 9.17) is 16.3 Å². The minimum Gasteiger partial charge on any atom is -0.491 e. The Balaban J connectivity index is 1.91. The molecule has 1 aliphatic carbocycles. The summed E-state index contributed by atoms with van der Waals surface area (Å²) in [6.45, 7) is 2.46. The van der Waals surface area contributed by atoms with Crippen molar-refractivity contribution in [2.45, 2.75) is 25.8 Å². The van der Waals surface area contributed by atoms with E-state index in [0.29, 0.717) is 27.5 Å². The third kappa shape index (κ3) is 5.56. The van der Waals surface area contributed by atoms with Crippen LogP contribution in [0.15, 0.2) is 16.6 Å². The SMILES string of the molecule is CCOc1c(Br)cc(Cl)cc1NCC(=O)N(C)CC(=O)NC1CC1. The average molecular weight is 419 g/mol. The molecule has 8 heteroatoms. The van der Waals surface area contributed by atoms with Crippen LogP contribution in [0.2, 0.25) is 5.02 Å². The maximum absolute atomic E-state index is 12.2. The molecule has 0 aliphatic heterocycles. The fourth-order valence-electron chi connectivity index (χ4n) is 2.09. The Bertz CT molecular complexity index is 623. The molecule has 0 heterocycles. The zero-order valence-corrected chi connectivity index (χ0v) is 16.0. The van der Waals surface area contributed by atoms with E-state index in [9.17, 15) is 9.59 Å². The minimum absolute atomic E-state index is 0.0417. The van der Waals surface area contributed by atoms with Crippen molar-refractivity contribution in [3.05, 3.63) is 21.6 Å². The van der Waals surface area contributed by atoms with Gasteiger partial charge in [0.15, 0.2) is 5.75 Å². The molecule has 132 valence electrons. The van der Waals surface area contributed by atoms with Crippen LogP contribution in [0.1, 0.15) is 19.8 Å². The van der Waals surface area contributed by atoms with Crippen molar-refractivity contribution in [1.82, 2.24) is 10.2 Å². The largest absolute Gasteiger partial charge is 0.491 e. The minimum atomic E-state index is -0.195. The van der Waals surface area contributed by atoms with E-state index in [-0.39, 0.29) is 30.9 Å². The second-order valence-corrected chi connectivity index (χ2v) is 6.93. The molecule has 0 atom stereocenters. The number of hydrogen-bond donors (Lipinski definition) is 2. The van der Waals surface area contributed by atoms with E-state index in [1.807, 2.05) is 6.92 Å². The fourth-order valence-corrected chi connectivity index (χ4v) is 3.02. The van der Waals surface area contributed by atoms with Gasteiger partial charge in [-0.15, -0.1) is 0 Å². The Kier molecular flexibility index (Phi) is 6.74. The van der Waals surface area contributed by atoms with Crippen molar-refractivity contribution >= 4 is 45.0 Å². The summed E-state index contributed by atoms with van der Waals surface area (Å²) in [5.41, 5.74) is 0.625. The van der Waals surface area contributed by atoms with Crippen LogP contribution in [0.4, 0.5) is 5.69 Å². The Morgan fingerprint density at radius 1 is 1.42 bits per heavy atom. The molecule has 1 saturated carbocycles. The summed E-state index contributed by atoms with van der Waals surface area (Å²) >= 11 is 9.45. The number of nitrogens with one attached hydrogen (secondary N) is 2. The summed E-state index contributed by atoms with van der Waals surface area (Å²) < 4.78 is 6.29. The molecule has 0 radical (unpaired) electrons. The zero-order chi connectivity index (χ0) is 17.7. The summed E-state index contributed by atoms with van der Waals surface area (Å²) in [5, 5.41) is 6.41. The molecule has 0 saturated heterocycles. The van der Waals surface area contributed by atoms with Gasteiger partial charge in [-0.25, -0.2) is 0 Å². The number of hydrogen-bond acceptors (Lipinski definition) is 4. The lowest BCUT2D eigenvalue weighted by Gasteiger charge is -2.19. The van der Waals surface area contributed by atoms with Crippen molar-refractivity contribution in [3.8, 4) is 5.75 Å². The van der Waals surface area contributed by atoms with Gasteiger partial charge < -0.3 is 20.3 Å².